The van der Waals surface area contributed by atoms with Crippen molar-refractivity contribution in [2.45, 2.75) is 71.1 Å². The number of carbonyl (C=O) groups is 1. The molecule has 0 N–H and O–H groups in total. The number of ether oxygens (including phenoxy) is 1. The van der Waals surface area contributed by atoms with E-state index in [0.717, 1.165) is 0 Å². The lowest BCUT2D eigenvalue weighted by molar-refractivity contribution is -0.216. The molecular formula is C15H28F3NO3Si. The average Bonchev–Trinajstić information content (AvgIpc) is 2.32. The van der Waals surface area contributed by atoms with E-state index in [1.165, 1.54) is 4.90 Å². The summed E-state index contributed by atoms with van der Waals surface area (Å²) in [6, 6.07) is 0. The monoisotopic (exact) mass is 355 g/mol. The highest BCUT2D eigenvalue weighted by molar-refractivity contribution is 6.69. The molecule has 136 valence electrons. The summed E-state index contributed by atoms with van der Waals surface area (Å²) in [4.78, 5) is 13.4. The molecule has 8 heteroatoms. The Labute approximate surface area is 137 Å². The maximum atomic E-state index is 13.3. The molecule has 0 bridgehead atoms. The predicted molar refractivity (Wildman–Crippen MR) is 84.8 cm³/mol. The van der Waals surface area contributed by atoms with Gasteiger partial charge in [-0.15, -0.1) is 0 Å². The van der Waals surface area contributed by atoms with Crippen molar-refractivity contribution in [2.24, 2.45) is 5.92 Å². The van der Waals surface area contributed by atoms with Gasteiger partial charge in [0.25, 0.3) is 0 Å². The molecule has 0 aliphatic carbocycles. The number of rotatable bonds is 3. The van der Waals surface area contributed by atoms with Crippen LogP contribution in [0, 0.1) is 5.92 Å². The van der Waals surface area contributed by atoms with E-state index >= 15 is 0 Å². The van der Waals surface area contributed by atoms with Gasteiger partial charge < -0.3 is 14.1 Å². The van der Waals surface area contributed by atoms with Gasteiger partial charge in [0.1, 0.15) is 11.7 Å². The molecule has 1 rings (SSSR count). The van der Waals surface area contributed by atoms with Gasteiger partial charge >= 0.3 is 12.3 Å². The zero-order chi connectivity index (χ0) is 18.1. The Balaban J connectivity index is 2.67. The molecule has 1 aliphatic rings. The molecule has 0 aromatic heterocycles. The Morgan fingerprint density at radius 2 is 1.61 bits per heavy atom. The van der Waals surface area contributed by atoms with Gasteiger partial charge in [-0.2, -0.15) is 13.2 Å². The lowest BCUT2D eigenvalue weighted by atomic mass is 9.91. The first-order chi connectivity index (χ1) is 10.2. The summed E-state index contributed by atoms with van der Waals surface area (Å²) in [5.74, 6) is -0.611. The minimum atomic E-state index is -4.38. The summed E-state index contributed by atoms with van der Waals surface area (Å²) in [7, 11) is -2.31. The van der Waals surface area contributed by atoms with E-state index in [-0.39, 0.29) is 25.9 Å². The summed E-state index contributed by atoms with van der Waals surface area (Å²) < 4.78 is 50.6. The molecule has 0 spiro atoms. The molecular weight excluding hydrogens is 327 g/mol. The Bertz CT molecular complexity index is 408. The van der Waals surface area contributed by atoms with Crippen LogP contribution in [0.2, 0.25) is 19.6 Å². The molecule has 1 aliphatic heterocycles. The molecule has 1 saturated heterocycles. The van der Waals surface area contributed by atoms with Crippen molar-refractivity contribution in [3.63, 3.8) is 0 Å². The van der Waals surface area contributed by atoms with Crippen LogP contribution in [0.1, 0.15) is 33.6 Å². The van der Waals surface area contributed by atoms with Gasteiger partial charge in [-0.3, -0.25) is 0 Å². The minimum Gasteiger partial charge on any atom is -0.444 e. The maximum absolute atomic E-state index is 13.3. The third kappa shape index (κ3) is 7.11. The summed E-state index contributed by atoms with van der Waals surface area (Å²) in [6.45, 7) is 11.1. The number of halogens is 3. The SMILES string of the molecule is CC(C)(C)OC(=O)N1CCC(C(O[Si](C)(C)C)C(F)(F)F)CC1. The van der Waals surface area contributed by atoms with Gasteiger partial charge in [-0.1, -0.05) is 0 Å². The first-order valence-corrected chi connectivity index (χ1v) is 11.3. The number of carbonyl (C=O) groups excluding carboxylic acids is 1. The van der Waals surface area contributed by atoms with Gasteiger partial charge in [0.15, 0.2) is 8.32 Å². The van der Waals surface area contributed by atoms with Gasteiger partial charge in [-0.25, -0.2) is 4.79 Å². The topological polar surface area (TPSA) is 38.8 Å². The third-order valence-corrected chi connectivity index (χ3v) is 4.38. The van der Waals surface area contributed by atoms with E-state index in [4.69, 9.17) is 9.16 Å². The van der Waals surface area contributed by atoms with Gasteiger partial charge in [0, 0.05) is 13.1 Å². The molecule has 23 heavy (non-hydrogen) atoms. The zero-order valence-corrected chi connectivity index (χ0v) is 15.8. The van der Waals surface area contributed by atoms with E-state index in [1.807, 2.05) is 0 Å². The lowest BCUT2D eigenvalue weighted by Gasteiger charge is -2.39. The van der Waals surface area contributed by atoms with E-state index in [1.54, 1.807) is 40.4 Å². The maximum Gasteiger partial charge on any atom is 0.413 e. The fraction of sp³-hybridized carbons (Fsp3) is 0.933. The van der Waals surface area contributed by atoms with Crippen molar-refractivity contribution in [1.29, 1.82) is 0 Å². The molecule has 1 amide bonds. The molecule has 1 heterocycles. The minimum absolute atomic E-state index is 0.265. The van der Waals surface area contributed by atoms with Crippen LogP contribution in [0.15, 0.2) is 0 Å². The number of hydrogen-bond acceptors (Lipinski definition) is 3. The van der Waals surface area contributed by atoms with Crippen LogP contribution >= 0.6 is 0 Å². The first kappa shape index (κ1) is 20.3. The molecule has 0 saturated carbocycles. The van der Waals surface area contributed by atoms with Crippen LogP contribution in [-0.4, -0.2) is 50.3 Å². The predicted octanol–water partition coefficient (Wildman–Crippen LogP) is 4.42. The van der Waals surface area contributed by atoms with E-state index in [0.29, 0.717) is 0 Å². The van der Waals surface area contributed by atoms with Crippen molar-refractivity contribution in [3.8, 4) is 0 Å². The molecule has 0 aromatic rings. The summed E-state index contributed by atoms with van der Waals surface area (Å²) in [6.07, 6.45) is -6.04. The van der Waals surface area contributed by atoms with Gasteiger partial charge in [-0.05, 0) is 59.2 Å². The van der Waals surface area contributed by atoms with E-state index in [2.05, 4.69) is 0 Å². The van der Waals surface area contributed by atoms with Crippen LogP contribution in [0.5, 0.6) is 0 Å². The smallest absolute Gasteiger partial charge is 0.413 e. The fourth-order valence-corrected chi connectivity index (χ4v) is 3.61. The first-order valence-electron chi connectivity index (χ1n) is 7.91. The van der Waals surface area contributed by atoms with Crippen LogP contribution in [-0.2, 0) is 9.16 Å². The molecule has 1 unspecified atom stereocenters. The number of alkyl halides is 3. The van der Waals surface area contributed by atoms with E-state index < -0.39 is 38.2 Å². The van der Waals surface area contributed by atoms with Crippen molar-refractivity contribution in [3.05, 3.63) is 0 Å². The van der Waals surface area contributed by atoms with Crippen molar-refractivity contribution < 1.29 is 27.1 Å². The highest BCUT2D eigenvalue weighted by Gasteiger charge is 2.48. The molecule has 4 nitrogen and oxygen atoms in total. The standard InChI is InChI=1S/C15H28F3NO3Si/c1-14(2,3)21-13(20)19-9-7-11(8-10-19)12(15(16,17)18)22-23(4,5)6/h11-12H,7-10H2,1-6H3. The number of likely N-dealkylation sites (tertiary alicyclic amines) is 1. The Morgan fingerprint density at radius 3 is 1.96 bits per heavy atom. The van der Waals surface area contributed by atoms with Gasteiger partial charge in [0.05, 0.1) is 0 Å². The summed E-state index contributed by atoms with van der Waals surface area (Å²) >= 11 is 0. The van der Waals surface area contributed by atoms with Gasteiger partial charge in [0.2, 0.25) is 0 Å². The van der Waals surface area contributed by atoms with Crippen LogP contribution in [0.3, 0.4) is 0 Å². The lowest BCUT2D eigenvalue weighted by Crippen LogP contribution is -2.50. The number of nitrogens with zero attached hydrogens (tertiary/aromatic N) is 1. The molecule has 0 radical (unpaired) electrons. The second-order valence-electron chi connectivity index (χ2n) is 8.00. The second kappa shape index (κ2) is 7.00. The highest BCUT2D eigenvalue weighted by Crippen LogP contribution is 2.36. The molecule has 1 atom stereocenters. The number of hydrogen-bond donors (Lipinski definition) is 0. The van der Waals surface area contributed by atoms with Crippen LogP contribution < -0.4 is 0 Å². The molecule has 1 fully saturated rings. The Morgan fingerprint density at radius 1 is 1.13 bits per heavy atom. The van der Waals surface area contributed by atoms with Crippen molar-refractivity contribution in [1.82, 2.24) is 4.90 Å². The Hall–Kier alpha value is -0.763. The quantitative estimate of drug-likeness (QED) is 0.704. The third-order valence-electron chi connectivity index (χ3n) is 3.42. The highest BCUT2D eigenvalue weighted by atomic mass is 28.4. The van der Waals surface area contributed by atoms with E-state index in [9.17, 15) is 18.0 Å². The largest absolute Gasteiger partial charge is 0.444 e. The molecule has 0 aromatic carbocycles. The number of piperidine rings is 1. The second-order valence-corrected chi connectivity index (χ2v) is 12.5. The Kier molecular flexibility index (Phi) is 6.18. The fourth-order valence-electron chi connectivity index (χ4n) is 2.52. The van der Waals surface area contributed by atoms with Crippen LogP contribution in [0.4, 0.5) is 18.0 Å². The summed E-state index contributed by atoms with van der Waals surface area (Å²) in [5.41, 5.74) is -0.608. The summed E-state index contributed by atoms with van der Waals surface area (Å²) in [5, 5.41) is 0. The average molecular weight is 355 g/mol. The zero-order valence-electron chi connectivity index (χ0n) is 14.8. The van der Waals surface area contributed by atoms with Crippen molar-refractivity contribution >= 4 is 14.4 Å². The van der Waals surface area contributed by atoms with Crippen molar-refractivity contribution in [2.75, 3.05) is 13.1 Å². The number of amides is 1. The normalized spacial score (nSPS) is 19.6. The van der Waals surface area contributed by atoms with Crippen LogP contribution in [0.25, 0.3) is 0 Å².